The average Bonchev–Trinajstić information content (AvgIpc) is 2.35. The van der Waals surface area contributed by atoms with Crippen molar-refractivity contribution in [1.29, 1.82) is 0 Å². The summed E-state index contributed by atoms with van der Waals surface area (Å²) >= 11 is 0. The third-order valence-corrected chi connectivity index (χ3v) is 2.45. The lowest BCUT2D eigenvalue weighted by atomic mass is 10.1. The summed E-state index contributed by atoms with van der Waals surface area (Å²) < 4.78 is 51.4. The van der Waals surface area contributed by atoms with Crippen LogP contribution in [0.25, 0.3) is 0 Å². The second kappa shape index (κ2) is 5.20. The van der Waals surface area contributed by atoms with Crippen molar-refractivity contribution in [3.05, 3.63) is 59.2 Å². The molecule has 3 nitrogen and oxygen atoms in total. The Kier molecular flexibility index (Phi) is 3.60. The van der Waals surface area contributed by atoms with E-state index in [1.807, 2.05) is 0 Å². The van der Waals surface area contributed by atoms with Crippen molar-refractivity contribution in [2.24, 2.45) is 0 Å². The van der Waals surface area contributed by atoms with Crippen molar-refractivity contribution in [3.8, 4) is 5.75 Å². The minimum Gasteiger partial charge on any atom is -0.507 e. The van der Waals surface area contributed by atoms with Crippen LogP contribution >= 0.6 is 0 Å². The Balaban J connectivity index is 2.28. The maximum absolute atomic E-state index is 13.0. The van der Waals surface area contributed by atoms with Crippen LogP contribution in [0.3, 0.4) is 0 Å². The number of phenols is 1. The van der Waals surface area contributed by atoms with Gasteiger partial charge in [0.25, 0.3) is 5.91 Å². The number of nitrogens with one attached hydrogen (secondary N) is 1. The van der Waals surface area contributed by atoms with Crippen molar-refractivity contribution < 1.29 is 27.5 Å². The smallest absolute Gasteiger partial charge is 0.259 e. The van der Waals surface area contributed by atoms with Crippen LogP contribution in [0.1, 0.15) is 10.4 Å². The van der Waals surface area contributed by atoms with E-state index in [9.17, 15) is 27.5 Å². The SMILES string of the molecule is O=C(Nc1cc(F)c(F)c(F)c1)c1ccc(F)cc1O. The zero-order valence-electron chi connectivity index (χ0n) is 9.75. The van der Waals surface area contributed by atoms with Crippen molar-refractivity contribution in [3.63, 3.8) is 0 Å². The topological polar surface area (TPSA) is 49.3 Å². The van der Waals surface area contributed by atoms with Crippen LogP contribution in [0.4, 0.5) is 23.2 Å². The van der Waals surface area contributed by atoms with Crippen molar-refractivity contribution >= 4 is 11.6 Å². The number of carbonyl (C=O) groups excluding carboxylic acids is 1. The molecule has 7 heteroatoms. The molecular weight excluding hydrogens is 278 g/mol. The Morgan fingerprint density at radius 2 is 1.60 bits per heavy atom. The molecule has 0 aromatic heterocycles. The summed E-state index contributed by atoms with van der Waals surface area (Å²) in [5.74, 6) is -6.91. The van der Waals surface area contributed by atoms with Crippen molar-refractivity contribution in [1.82, 2.24) is 0 Å². The highest BCUT2D eigenvalue weighted by Gasteiger charge is 2.15. The summed E-state index contributed by atoms with van der Waals surface area (Å²) in [6.45, 7) is 0. The molecule has 0 fully saturated rings. The van der Waals surface area contributed by atoms with E-state index in [4.69, 9.17) is 0 Å². The molecule has 2 aromatic rings. The van der Waals surface area contributed by atoms with Gasteiger partial charge in [-0.15, -0.1) is 0 Å². The van der Waals surface area contributed by atoms with Gasteiger partial charge in [-0.2, -0.15) is 0 Å². The van der Waals surface area contributed by atoms with E-state index in [1.165, 1.54) is 0 Å². The average molecular weight is 285 g/mol. The molecule has 104 valence electrons. The zero-order chi connectivity index (χ0) is 14.9. The second-order valence-electron chi connectivity index (χ2n) is 3.87. The minimum atomic E-state index is -1.66. The maximum atomic E-state index is 13.0. The third kappa shape index (κ3) is 2.71. The first kappa shape index (κ1) is 13.9. The molecule has 20 heavy (non-hydrogen) atoms. The molecule has 0 bridgehead atoms. The fraction of sp³-hybridized carbons (Fsp3) is 0. The van der Waals surface area contributed by atoms with Crippen LogP contribution in [0.2, 0.25) is 0 Å². The number of rotatable bonds is 2. The van der Waals surface area contributed by atoms with Gasteiger partial charge in [-0.3, -0.25) is 4.79 Å². The van der Waals surface area contributed by atoms with Crippen LogP contribution in [0.5, 0.6) is 5.75 Å². The Bertz CT molecular complexity index is 665. The summed E-state index contributed by atoms with van der Waals surface area (Å²) in [4.78, 5) is 11.7. The van der Waals surface area contributed by atoms with Crippen LogP contribution < -0.4 is 5.32 Å². The first-order chi connectivity index (χ1) is 9.38. The molecule has 0 radical (unpaired) electrons. The van der Waals surface area contributed by atoms with Gasteiger partial charge in [-0.05, 0) is 12.1 Å². The molecular formula is C13H7F4NO2. The number of benzene rings is 2. The molecule has 0 saturated carbocycles. The molecule has 0 aliphatic heterocycles. The standard InChI is InChI=1S/C13H7F4NO2/c14-6-1-2-8(11(19)3-6)13(20)18-7-4-9(15)12(17)10(16)5-7/h1-5,19H,(H,18,20). The quantitative estimate of drug-likeness (QED) is 0.657. The van der Waals surface area contributed by atoms with Crippen molar-refractivity contribution in [2.45, 2.75) is 0 Å². The molecule has 0 unspecified atom stereocenters. The molecule has 2 N–H and O–H groups in total. The number of hydrogen-bond acceptors (Lipinski definition) is 2. The molecule has 2 aromatic carbocycles. The molecule has 1 amide bonds. The number of halogens is 4. The predicted octanol–water partition coefficient (Wildman–Crippen LogP) is 3.20. The van der Waals surface area contributed by atoms with E-state index in [1.54, 1.807) is 0 Å². The largest absolute Gasteiger partial charge is 0.507 e. The highest BCUT2D eigenvalue weighted by Crippen LogP contribution is 2.21. The summed E-state index contributed by atoms with van der Waals surface area (Å²) in [5.41, 5.74) is -0.633. The highest BCUT2D eigenvalue weighted by atomic mass is 19.2. The summed E-state index contributed by atoms with van der Waals surface area (Å²) in [5, 5.41) is 11.4. The van der Waals surface area contributed by atoms with E-state index < -0.39 is 34.9 Å². The Hall–Kier alpha value is -2.57. The maximum Gasteiger partial charge on any atom is 0.259 e. The Morgan fingerprint density at radius 1 is 1.00 bits per heavy atom. The number of hydrogen-bond donors (Lipinski definition) is 2. The first-order valence-corrected chi connectivity index (χ1v) is 5.33. The molecule has 0 heterocycles. The van der Waals surface area contributed by atoms with Gasteiger partial charge in [-0.1, -0.05) is 0 Å². The number of carbonyl (C=O) groups is 1. The Morgan fingerprint density at radius 3 is 2.15 bits per heavy atom. The van der Waals surface area contributed by atoms with Gasteiger partial charge in [0.2, 0.25) is 0 Å². The highest BCUT2D eigenvalue weighted by molar-refractivity contribution is 6.06. The third-order valence-electron chi connectivity index (χ3n) is 2.45. The van der Waals surface area contributed by atoms with Crippen LogP contribution in [0, 0.1) is 23.3 Å². The minimum absolute atomic E-state index is 0.295. The zero-order valence-corrected chi connectivity index (χ0v) is 9.75. The van der Waals surface area contributed by atoms with E-state index >= 15 is 0 Å². The lowest BCUT2D eigenvalue weighted by molar-refractivity contribution is 0.102. The molecule has 0 saturated heterocycles. The number of amides is 1. The van der Waals surface area contributed by atoms with Gasteiger partial charge in [0.1, 0.15) is 11.6 Å². The van der Waals surface area contributed by atoms with Crippen LogP contribution in [0.15, 0.2) is 30.3 Å². The fourth-order valence-corrected chi connectivity index (χ4v) is 1.52. The summed E-state index contributed by atoms with van der Waals surface area (Å²) in [7, 11) is 0. The number of aromatic hydroxyl groups is 1. The van der Waals surface area contributed by atoms with Crippen LogP contribution in [-0.4, -0.2) is 11.0 Å². The molecule has 0 aliphatic carbocycles. The van der Waals surface area contributed by atoms with Gasteiger partial charge in [-0.25, -0.2) is 17.6 Å². The predicted molar refractivity (Wildman–Crippen MR) is 62.3 cm³/mol. The fourth-order valence-electron chi connectivity index (χ4n) is 1.52. The number of phenolic OH excluding ortho intramolecular Hbond substituents is 1. The van der Waals surface area contributed by atoms with Gasteiger partial charge < -0.3 is 10.4 Å². The monoisotopic (exact) mass is 285 g/mol. The molecule has 2 rings (SSSR count). The number of anilines is 1. The molecule has 0 atom stereocenters. The van der Waals surface area contributed by atoms with E-state index in [2.05, 4.69) is 5.32 Å². The van der Waals surface area contributed by atoms with Gasteiger partial charge in [0, 0.05) is 23.9 Å². The molecule has 0 aliphatic rings. The van der Waals surface area contributed by atoms with Gasteiger partial charge in [0.15, 0.2) is 17.5 Å². The summed E-state index contributed by atoms with van der Waals surface area (Å²) in [6, 6.07) is 3.80. The second-order valence-corrected chi connectivity index (χ2v) is 3.87. The van der Waals surface area contributed by atoms with E-state index in [0.29, 0.717) is 18.2 Å². The lowest BCUT2D eigenvalue weighted by Gasteiger charge is -2.07. The van der Waals surface area contributed by atoms with E-state index in [-0.39, 0.29) is 11.3 Å². The lowest BCUT2D eigenvalue weighted by Crippen LogP contribution is -2.13. The summed E-state index contributed by atoms with van der Waals surface area (Å²) in [6.07, 6.45) is 0. The Labute approximate surface area is 110 Å². The van der Waals surface area contributed by atoms with Gasteiger partial charge in [0.05, 0.1) is 5.56 Å². The van der Waals surface area contributed by atoms with E-state index in [0.717, 1.165) is 12.1 Å². The molecule has 0 spiro atoms. The van der Waals surface area contributed by atoms with Crippen molar-refractivity contribution in [2.75, 3.05) is 5.32 Å². The first-order valence-electron chi connectivity index (χ1n) is 5.33. The van der Waals surface area contributed by atoms with Gasteiger partial charge >= 0.3 is 0 Å². The normalized spacial score (nSPS) is 10.4. The van der Waals surface area contributed by atoms with Crippen LogP contribution in [-0.2, 0) is 0 Å².